The van der Waals surface area contributed by atoms with Crippen molar-refractivity contribution in [2.75, 3.05) is 0 Å². The summed E-state index contributed by atoms with van der Waals surface area (Å²) in [4.78, 5) is 15.2. The monoisotopic (exact) mass is 167 g/mol. The lowest BCUT2D eigenvalue weighted by Crippen LogP contribution is -2.14. The van der Waals surface area contributed by atoms with Crippen LogP contribution in [-0.4, -0.2) is 17.9 Å². The lowest BCUT2D eigenvalue weighted by molar-refractivity contribution is -0.135. The highest BCUT2D eigenvalue weighted by molar-refractivity contribution is 6.05. The SMILES string of the molecule is C=C(C)C1=NC(CCC)C(=O)O1. The largest absolute Gasteiger partial charge is 0.406 e. The maximum absolute atomic E-state index is 11.1. The van der Waals surface area contributed by atoms with Crippen molar-refractivity contribution in [2.24, 2.45) is 4.99 Å². The Morgan fingerprint density at radius 2 is 2.42 bits per heavy atom. The van der Waals surface area contributed by atoms with Crippen LogP contribution >= 0.6 is 0 Å². The lowest BCUT2D eigenvalue weighted by Gasteiger charge is -1.97. The molecule has 1 atom stereocenters. The van der Waals surface area contributed by atoms with Crippen molar-refractivity contribution in [3.8, 4) is 0 Å². The summed E-state index contributed by atoms with van der Waals surface area (Å²) in [6.45, 7) is 7.45. The predicted molar refractivity (Wildman–Crippen MR) is 47.0 cm³/mol. The summed E-state index contributed by atoms with van der Waals surface area (Å²) in [7, 11) is 0. The van der Waals surface area contributed by atoms with Gasteiger partial charge < -0.3 is 4.74 Å². The van der Waals surface area contributed by atoms with E-state index in [1.54, 1.807) is 6.92 Å². The highest BCUT2D eigenvalue weighted by Gasteiger charge is 2.27. The number of ether oxygens (including phenoxy) is 1. The molecule has 3 nitrogen and oxygen atoms in total. The third kappa shape index (κ3) is 1.72. The minimum atomic E-state index is -0.290. The first-order chi connectivity index (χ1) is 5.65. The lowest BCUT2D eigenvalue weighted by atomic mass is 10.2. The van der Waals surface area contributed by atoms with E-state index < -0.39 is 0 Å². The molecule has 12 heavy (non-hydrogen) atoms. The fourth-order valence-corrected chi connectivity index (χ4v) is 1.04. The number of nitrogens with zero attached hydrogens (tertiary/aromatic N) is 1. The van der Waals surface area contributed by atoms with Gasteiger partial charge in [-0.3, -0.25) is 0 Å². The van der Waals surface area contributed by atoms with Crippen molar-refractivity contribution in [3.63, 3.8) is 0 Å². The van der Waals surface area contributed by atoms with E-state index in [0.717, 1.165) is 12.8 Å². The van der Waals surface area contributed by atoms with Crippen LogP contribution in [0, 0.1) is 0 Å². The number of aliphatic imine (C=N–C) groups is 1. The second-order valence-electron chi connectivity index (χ2n) is 2.94. The summed E-state index contributed by atoms with van der Waals surface area (Å²) in [6.07, 6.45) is 1.70. The van der Waals surface area contributed by atoms with E-state index >= 15 is 0 Å². The van der Waals surface area contributed by atoms with Crippen LogP contribution < -0.4 is 0 Å². The molecule has 0 spiro atoms. The zero-order chi connectivity index (χ0) is 9.14. The summed E-state index contributed by atoms with van der Waals surface area (Å²) in [5.74, 6) is 0.160. The quantitative estimate of drug-likeness (QED) is 0.600. The normalized spacial score (nSPS) is 22.0. The number of carbonyl (C=O) groups is 1. The van der Waals surface area contributed by atoms with Gasteiger partial charge in [0.05, 0.1) is 0 Å². The van der Waals surface area contributed by atoms with Crippen LogP contribution in [0.15, 0.2) is 17.1 Å². The Hall–Kier alpha value is -1.12. The van der Waals surface area contributed by atoms with E-state index in [1.807, 2.05) is 6.92 Å². The van der Waals surface area contributed by atoms with E-state index in [4.69, 9.17) is 4.74 Å². The smallest absolute Gasteiger partial charge is 0.337 e. The van der Waals surface area contributed by atoms with Gasteiger partial charge in [0.25, 0.3) is 0 Å². The minimum absolute atomic E-state index is 0.241. The zero-order valence-electron chi connectivity index (χ0n) is 7.46. The first kappa shape index (κ1) is 8.97. The Morgan fingerprint density at radius 1 is 1.75 bits per heavy atom. The molecule has 0 N–H and O–H groups in total. The van der Waals surface area contributed by atoms with Gasteiger partial charge in [-0.05, 0) is 13.3 Å². The first-order valence-corrected chi connectivity index (χ1v) is 4.10. The maximum atomic E-state index is 11.1. The highest BCUT2D eigenvalue weighted by Crippen LogP contribution is 2.14. The topological polar surface area (TPSA) is 38.7 Å². The van der Waals surface area contributed by atoms with Gasteiger partial charge in [0.15, 0.2) is 6.04 Å². The molecular formula is C9H13NO2. The molecule has 0 bridgehead atoms. The standard InChI is InChI=1S/C9H13NO2/c1-4-5-7-9(11)12-8(10-7)6(2)3/h7H,2,4-5H2,1,3H3. The number of hydrogen-bond acceptors (Lipinski definition) is 3. The molecule has 0 saturated carbocycles. The molecule has 0 saturated heterocycles. The van der Waals surface area contributed by atoms with Gasteiger partial charge in [-0.2, -0.15) is 0 Å². The van der Waals surface area contributed by atoms with Crippen LogP contribution in [0.25, 0.3) is 0 Å². The first-order valence-electron chi connectivity index (χ1n) is 4.10. The minimum Gasteiger partial charge on any atom is -0.406 e. The van der Waals surface area contributed by atoms with E-state index in [1.165, 1.54) is 0 Å². The van der Waals surface area contributed by atoms with Crippen LogP contribution in [0.2, 0.25) is 0 Å². The summed E-state index contributed by atoms with van der Waals surface area (Å²) < 4.78 is 4.90. The van der Waals surface area contributed by atoms with Crippen molar-refractivity contribution in [1.29, 1.82) is 0 Å². The van der Waals surface area contributed by atoms with Gasteiger partial charge in [-0.1, -0.05) is 19.9 Å². The second kappa shape index (κ2) is 3.52. The molecule has 0 amide bonds. The number of carbonyl (C=O) groups excluding carboxylic acids is 1. The van der Waals surface area contributed by atoms with Gasteiger partial charge in [0.2, 0.25) is 5.90 Å². The molecule has 0 fully saturated rings. The summed E-state index contributed by atoms with van der Waals surface area (Å²) in [5.41, 5.74) is 0.710. The van der Waals surface area contributed by atoms with Gasteiger partial charge in [0, 0.05) is 5.57 Å². The molecule has 1 aliphatic heterocycles. The Labute approximate surface area is 72.1 Å². The molecule has 1 aliphatic rings. The van der Waals surface area contributed by atoms with Crippen LogP contribution in [0.3, 0.4) is 0 Å². The Morgan fingerprint density at radius 3 is 2.83 bits per heavy atom. The van der Waals surface area contributed by atoms with Crippen LogP contribution in [-0.2, 0) is 9.53 Å². The summed E-state index contributed by atoms with van der Waals surface area (Å²) in [6, 6.07) is -0.290. The molecule has 1 unspecified atom stereocenters. The molecule has 66 valence electrons. The van der Waals surface area contributed by atoms with E-state index in [2.05, 4.69) is 11.6 Å². The van der Waals surface area contributed by atoms with Crippen LogP contribution in [0.4, 0.5) is 0 Å². The Balaban J connectivity index is 2.66. The molecule has 0 aliphatic carbocycles. The number of rotatable bonds is 3. The fourth-order valence-electron chi connectivity index (χ4n) is 1.04. The van der Waals surface area contributed by atoms with E-state index in [0.29, 0.717) is 11.5 Å². The van der Waals surface area contributed by atoms with E-state index in [-0.39, 0.29) is 12.0 Å². The van der Waals surface area contributed by atoms with Crippen molar-refractivity contribution in [3.05, 3.63) is 12.2 Å². The third-order valence-corrected chi connectivity index (χ3v) is 1.67. The van der Waals surface area contributed by atoms with Crippen LogP contribution in [0.5, 0.6) is 0 Å². The van der Waals surface area contributed by atoms with Crippen molar-refractivity contribution in [2.45, 2.75) is 32.7 Å². The van der Waals surface area contributed by atoms with Crippen LogP contribution in [0.1, 0.15) is 26.7 Å². The van der Waals surface area contributed by atoms with Gasteiger partial charge in [0.1, 0.15) is 0 Å². The fraction of sp³-hybridized carbons (Fsp3) is 0.556. The third-order valence-electron chi connectivity index (χ3n) is 1.67. The molecule has 0 aromatic carbocycles. The van der Waals surface area contributed by atoms with Gasteiger partial charge in [-0.25, -0.2) is 9.79 Å². The molecule has 3 heteroatoms. The average molecular weight is 167 g/mol. The molecule has 0 aromatic rings. The highest BCUT2D eigenvalue weighted by atomic mass is 16.6. The average Bonchev–Trinajstić information content (AvgIpc) is 2.34. The van der Waals surface area contributed by atoms with E-state index in [9.17, 15) is 4.79 Å². The molecule has 0 aromatic heterocycles. The number of cyclic esters (lactones) is 1. The Bertz CT molecular complexity index is 243. The molecular weight excluding hydrogens is 154 g/mol. The molecule has 1 heterocycles. The van der Waals surface area contributed by atoms with Gasteiger partial charge >= 0.3 is 5.97 Å². The summed E-state index contributed by atoms with van der Waals surface area (Å²) in [5, 5.41) is 0. The predicted octanol–water partition coefficient (Wildman–Crippen LogP) is 1.69. The number of hydrogen-bond donors (Lipinski definition) is 0. The van der Waals surface area contributed by atoms with Gasteiger partial charge in [-0.15, -0.1) is 0 Å². The molecule has 0 radical (unpaired) electrons. The zero-order valence-corrected chi connectivity index (χ0v) is 7.46. The number of esters is 1. The summed E-state index contributed by atoms with van der Waals surface area (Å²) >= 11 is 0. The molecule has 1 rings (SSSR count). The van der Waals surface area contributed by atoms with Crippen molar-refractivity contribution in [1.82, 2.24) is 0 Å². The second-order valence-corrected chi connectivity index (χ2v) is 2.94. The Kier molecular flexibility index (Phi) is 2.63. The van der Waals surface area contributed by atoms with Crippen molar-refractivity contribution >= 4 is 11.9 Å². The van der Waals surface area contributed by atoms with Crippen molar-refractivity contribution < 1.29 is 9.53 Å². The maximum Gasteiger partial charge on any atom is 0.337 e.